The van der Waals surface area contributed by atoms with Gasteiger partial charge in [0.15, 0.2) is 0 Å². The molecule has 8 aromatic rings. The number of β-amino-alcohol motifs (C(OH)–C–C–N with tert-alkyl or cyclic N) is 1. The smallest absolute Gasteiger partial charge is 0.246 e. The molecule has 92 heavy (non-hydrogen) atoms. The summed E-state index contributed by atoms with van der Waals surface area (Å²) in [6, 6.07) is 29.5. The Bertz CT molecular complexity index is 3790. The number of carbonyl (C=O) groups is 3. The first kappa shape index (κ1) is 66.4. The van der Waals surface area contributed by atoms with E-state index < -0.39 is 29.5 Å². The standard InChI is InChI=1S/C72H85N11O8S/c1-7-30-91-63-16-11-10-15-61(63)57-38-55(24-18-50-17-21-52-13-8-9-14-54(52)37-50)67(76-42-57)58-36-48(2)66(75-43-58)56-25-26-64(74-41-56)73-28-12-29-82-44-59(80-81-82)46-90-35-34-89-33-32-88-31-27-65(85)79-69(72(4,5)6)71(87)83-45-60(84)39-62(83)70(86)77-40-51-19-22-53(23-20-51)68-49(3)78-47-92-68/h10-11,15-26,36-38,41-44,47,60,62,69,84H,7-9,12-14,27-35,39-40,45-46H2,1-6H3,(H,73,74)(H,77,86)(H,79,85)/b24-18+/t60-,62+,69-/m1/s1. The van der Waals surface area contributed by atoms with E-state index in [1.165, 1.54) is 34.4 Å². The minimum absolute atomic E-state index is 0.00747. The molecule has 19 nitrogen and oxygen atoms in total. The van der Waals surface area contributed by atoms with Crippen LogP contribution in [0.1, 0.15) is 111 Å². The van der Waals surface area contributed by atoms with Crippen molar-refractivity contribution >= 4 is 47.0 Å². The van der Waals surface area contributed by atoms with Gasteiger partial charge in [0.1, 0.15) is 29.3 Å². The summed E-state index contributed by atoms with van der Waals surface area (Å²) in [5.74, 6) is 0.469. The number of hydrogen-bond acceptors (Lipinski definition) is 16. The Hall–Kier alpha value is -8.53. The molecule has 1 saturated heterocycles. The highest BCUT2D eigenvalue weighted by Gasteiger charge is 2.44. The van der Waals surface area contributed by atoms with Crippen LogP contribution < -0.4 is 20.7 Å². The Balaban J connectivity index is 0.609. The lowest BCUT2D eigenvalue weighted by atomic mass is 9.85. The SMILES string of the molecule is CCCOc1ccccc1-c1cnc(-c2cnc(-c3ccc(NCCCn4cc(COCCOCCOCCC(=O)N[C@H](C(=O)N5C[C@H](O)C[C@H]5C(=O)NCc5ccc(-c6scnc6C)cc5)C(C)(C)C)nn4)nc3)c(C)c2)c(/C=C/c2ccc3c(c2)CCCC3)c1. The average molecular weight is 1260 g/mol. The van der Waals surface area contributed by atoms with Crippen molar-refractivity contribution in [2.75, 3.05) is 58.0 Å². The second-order valence-corrected chi connectivity index (χ2v) is 25.5. The zero-order chi connectivity index (χ0) is 64.4. The highest BCUT2D eigenvalue weighted by atomic mass is 32.1. The number of benzene rings is 3. The molecule has 1 aliphatic carbocycles. The normalized spacial score (nSPS) is 15.1. The number of pyridine rings is 3. The zero-order valence-corrected chi connectivity index (χ0v) is 54.5. The molecule has 5 aromatic heterocycles. The van der Waals surface area contributed by atoms with Gasteiger partial charge in [0, 0.05) is 85.4 Å². The molecule has 20 heteroatoms. The van der Waals surface area contributed by atoms with Crippen LogP contribution in [0.3, 0.4) is 0 Å². The van der Waals surface area contributed by atoms with Gasteiger partial charge in [0.25, 0.3) is 0 Å². The van der Waals surface area contributed by atoms with Gasteiger partial charge in [-0.15, -0.1) is 16.4 Å². The maximum absolute atomic E-state index is 14.0. The van der Waals surface area contributed by atoms with Gasteiger partial charge in [0.05, 0.1) is 86.0 Å². The Morgan fingerprint density at radius 2 is 1.53 bits per heavy atom. The summed E-state index contributed by atoms with van der Waals surface area (Å²) in [5.41, 5.74) is 16.5. The van der Waals surface area contributed by atoms with Gasteiger partial charge in [-0.2, -0.15) is 0 Å². The first-order chi connectivity index (χ1) is 44.7. The third kappa shape index (κ3) is 17.9. The van der Waals surface area contributed by atoms with Gasteiger partial charge in [-0.1, -0.05) is 106 Å². The third-order valence-electron chi connectivity index (χ3n) is 16.4. The van der Waals surface area contributed by atoms with Crippen LogP contribution >= 0.6 is 11.3 Å². The lowest BCUT2D eigenvalue weighted by molar-refractivity contribution is -0.144. The van der Waals surface area contributed by atoms with Crippen molar-refractivity contribution in [1.82, 2.24) is 50.5 Å². The number of thiazole rings is 1. The summed E-state index contributed by atoms with van der Waals surface area (Å²) in [7, 11) is 0. The van der Waals surface area contributed by atoms with Crippen LogP contribution in [0.15, 0.2) is 121 Å². The molecule has 3 atom stereocenters. The fourth-order valence-corrected chi connectivity index (χ4v) is 12.3. The number of carbonyl (C=O) groups excluding carboxylic acids is 3. The lowest BCUT2D eigenvalue weighted by Crippen LogP contribution is -2.57. The molecule has 3 amide bonds. The molecule has 2 aliphatic rings. The number of anilines is 1. The van der Waals surface area contributed by atoms with E-state index in [9.17, 15) is 19.5 Å². The number of ether oxygens (including phenoxy) is 4. The summed E-state index contributed by atoms with van der Waals surface area (Å²) in [6.45, 7) is 15.6. The van der Waals surface area contributed by atoms with E-state index in [1.54, 1.807) is 16.0 Å². The van der Waals surface area contributed by atoms with Crippen LogP contribution in [0, 0.1) is 19.3 Å². The molecular formula is C72H85N11O8S. The fourth-order valence-electron chi connectivity index (χ4n) is 11.5. The third-order valence-corrected chi connectivity index (χ3v) is 17.4. The molecule has 1 aliphatic heterocycles. The number of aromatic nitrogens is 7. The molecule has 0 saturated carbocycles. The number of hydrogen-bond donors (Lipinski definition) is 4. The predicted molar refractivity (Wildman–Crippen MR) is 359 cm³/mol. The van der Waals surface area contributed by atoms with Crippen LogP contribution in [-0.4, -0.2) is 134 Å². The number of amides is 3. The summed E-state index contributed by atoms with van der Waals surface area (Å²) >= 11 is 1.58. The lowest BCUT2D eigenvalue weighted by Gasteiger charge is -2.35. The molecule has 0 bridgehead atoms. The highest BCUT2D eigenvalue weighted by Crippen LogP contribution is 2.36. The van der Waals surface area contributed by atoms with Crippen molar-refractivity contribution in [1.29, 1.82) is 0 Å². The molecule has 10 rings (SSSR count). The number of para-hydroxylation sites is 1. The number of aliphatic hydroxyl groups is 1. The minimum Gasteiger partial charge on any atom is -0.493 e. The average Bonchev–Trinajstić information content (AvgIpc) is 1.20. The maximum atomic E-state index is 14.0. The van der Waals surface area contributed by atoms with E-state index in [1.807, 2.05) is 113 Å². The van der Waals surface area contributed by atoms with E-state index in [0.29, 0.717) is 45.2 Å². The van der Waals surface area contributed by atoms with Gasteiger partial charge < -0.3 is 44.9 Å². The fraction of sp³-hybridized carbons (Fsp3) is 0.403. The van der Waals surface area contributed by atoms with E-state index in [2.05, 4.69) is 93.6 Å². The number of nitrogens with zero attached hydrogens (tertiary/aromatic N) is 8. The van der Waals surface area contributed by atoms with E-state index in [4.69, 9.17) is 33.9 Å². The largest absolute Gasteiger partial charge is 0.493 e. The summed E-state index contributed by atoms with van der Waals surface area (Å²) in [4.78, 5) is 62.3. The van der Waals surface area contributed by atoms with Crippen molar-refractivity contribution in [2.24, 2.45) is 5.41 Å². The second kappa shape index (κ2) is 32.2. The highest BCUT2D eigenvalue weighted by molar-refractivity contribution is 7.13. The quantitative estimate of drug-likeness (QED) is 0.0307. The van der Waals surface area contributed by atoms with Crippen molar-refractivity contribution in [2.45, 2.75) is 131 Å². The van der Waals surface area contributed by atoms with Crippen molar-refractivity contribution in [3.05, 3.63) is 166 Å². The summed E-state index contributed by atoms with van der Waals surface area (Å²) in [6.07, 6.45) is 17.7. The van der Waals surface area contributed by atoms with Gasteiger partial charge in [-0.05, 0) is 121 Å². The molecule has 0 unspecified atom stereocenters. The predicted octanol–water partition coefficient (Wildman–Crippen LogP) is 11.3. The van der Waals surface area contributed by atoms with Crippen LogP contribution in [0.4, 0.5) is 5.82 Å². The number of nitrogens with one attached hydrogen (secondary N) is 3. The first-order valence-corrected chi connectivity index (χ1v) is 32.9. The minimum atomic E-state index is -0.936. The maximum Gasteiger partial charge on any atom is 0.246 e. The van der Waals surface area contributed by atoms with E-state index >= 15 is 0 Å². The van der Waals surface area contributed by atoms with Crippen LogP contribution in [-0.2, 0) is 61.1 Å². The monoisotopic (exact) mass is 1260 g/mol. The van der Waals surface area contributed by atoms with Gasteiger partial charge in [-0.3, -0.25) is 29.0 Å². The Labute approximate surface area is 543 Å². The van der Waals surface area contributed by atoms with Crippen molar-refractivity contribution in [3.8, 4) is 49.8 Å². The molecule has 4 N–H and O–H groups in total. The van der Waals surface area contributed by atoms with E-state index in [0.717, 1.165) is 104 Å². The molecular weight excluding hydrogens is 1180 g/mol. The topological polar surface area (TPSA) is 230 Å². The number of rotatable bonds is 30. The molecule has 6 heterocycles. The van der Waals surface area contributed by atoms with Gasteiger partial charge in [-0.25, -0.2) is 9.97 Å². The number of fused-ring (bicyclic) bond motifs is 1. The molecule has 482 valence electrons. The summed E-state index contributed by atoms with van der Waals surface area (Å²) in [5, 5.41) is 28.4. The molecule has 0 spiro atoms. The van der Waals surface area contributed by atoms with Crippen molar-refractivity contribution < 1.29 is 38.4 Å². The second-order valence-electron chi connectivity index (χ2n) is 24.6. The van der Waals surface area contributed by atoms with Crippen LogP contribution in [0.5, 0.6) is 5.75 Å². The zero-order valence-electron chi connectivity index (χ0n) is 53.7. The first-order valence-electron chi connectivity index (χ1n) is 32.0. The van der Waals surface area contributed by atoms with Crippen LogP contribution in [0.2, 0.25) is 0 Å². The summed E-state index contributed by atoms with van der Waals surface area (Å²) < 4.78 is 25.1. The molecule has 3 aromatic carbocycles. The molecule has 1 fully saturated rings. The molecule has 0 radical (unpaired) electrons. The Morgan fingerprint density at radius 1 is 0.783 bits per heavy atom. The number of aryl methyl sites for hydroxylation is 5. The number of aliphatic hydroxyl groups excluding tert-OH is 1. The van der Waals surface area contributed by atoms with E-state index in [-0.39, 0.29) is 57.6 Å². The Kier molecular flexibility index (Phi) is 23.2. The van der Waals surface area contributed by atoms with Crippen LogP contribution in [0.25, 0.3) is 56.2 Å². The van der Waals surface area contributed by atoms with Gasteiger partial charge in [0.2, 0.25) is 17.7 Å². The van der Waals surface area contributed by atoms with Crippen molar-refractivity contribution in [3.63, 3.8) is 0 Å². The van der Waals surface area contributed by atoms with Gasteiger partial charge >= 0.3 is 0 Å². The number of likely N-dealkylation sites (tertiary alicyclic amines) is 1. The Morgan fingerprint density at radius 3 is 2.29 bits per heavy atom.